The first-order valence-electron chi connectivity index (χ1n) is 9.60. The monoisotopic (exact) mass is 462 g/mol. The second kappa shape index (κ2) is 8.80. The van der Waals surface area contributed by atoms with Gasteiger partial charge in [-0.15, -0.1) is 11.3 Å². The SMILES string of the molecule is Cc1cc2c(NCCCc3ccc(-c4ccc(C(F)(F)F)cn4)cc3)nc(Cl)nc2s1. The number of hydrogen-bond donors (Lipinski definition) is 1. The predicted octanol–water partition coefficient (Wildman–Crippen LogP) is 6.78. The van der Waals surface area contributed by atoms with Gasteiger partial charge in [-0.1, -0.05) is 24.3 Å². The molecule has 0 saturated carbocycles. The summed E-state index contributed by atoms with van der Waals surface area (Å²) in [5.41, 5.74) is 1.67. The van der Waals surface area contributed by atoms with Gasteiger partial charge in [0.2, 0.25) is 5.28 Å². The number of nitrogens with one attached hydrogen (secondary N) is 1. The molecule has 4 aromatic rings. The van der Waals surface area contributed by atoms with Gasteiger partial charge in [-0.3, -0.25) is 4.98 Å². The fraction of sp³-hybridized carbons (Fsp3) is 0.227. The molecule has 0 bridgehead atoms. The number of halogens is 4. The number of hydrogen-bond acceptors (Lipinski definition) is 5. The van der Waals surface area contributed by atoms with Gasteiger partial charge >= 0.3 is 6.18 Å². The molecule has 31 heavy (non-hydrogen) atoms. The van der Waals surface area contributed by atoms with Crippen LogP contribution in [0, 0.1) is 6.92 Å². The van der Waals surface area contributed by atoms with Crippen LogP contribution in [0.15, 0.2) is 48.7 Å². The zero-order valence-electron chi connectivity index (χ0n) is 16.5. The lowest BCUT2D eigenvalue weighted by Crippen LogP contribution is -2.05. The minimum absolute atomic E-state index is 0.226. The van der Waals surface area contributed by atoms with Crippen molar-refractivity contribution in [1.82, 2.24) is 15.0 Å². The minimum atomic E-state index is -4.38. The van der Waals surface area contributed by atoms with Gasteiger partial charge in [0.15, 0.2) is 0 Å². The molecule has 0 spiro atoms. The molecule has 1 aromatic carbocycles. The van der Waals surface area contributed by atoms with Crippen LogP contribution >= 0.6 is 22.9 Å². The third-order valence-corrected chi connectivity index (χ3v) is 5.88. The Hall–Kier alpha value is -2.71. The number of pyridine rings is 1. The predicted molar refractivity (Wildman–Crippen MR) is 119 cm³/mol. The Morgan fingerprint density at radius 2 is 1.84 bits per heavy atom. The zero-order valence-corrected chi connectivity index (χ0v) is 18.1. The molecule has 0 radical (unpaired) electrons. The van der Waals surface area contributed by atoms with E-state index in [-0.39, 0.29) is 5.28 Å². The molecule has 4 rings (SSSR count). The van der Waals surface area contributed by atoms with Crippen LogP contribution in [0.3, 0.4) is 0 Å². The Balaban J connectivity index is 1.34. The van der Waals surface area contributed by atoms with Gasteiger partial charge in [-0.25, -0.2) is 9.97 Å². The molecule has 0 fully saturated rings. The first kappa shape index (κ1) is 21.5. The number of benzene rings is 1. The van der Waals surface area contributed by atoms with E-state index in [1.54, 1.807) is 11.3 Å². The van der Waals surface area contributed by atoms with Gasteiger partial charge in [0.1, 0.15) is 10.6 Å². The molecule has 0 atom stereocenters. The van der Waals surface area contributed by atoms with Gasteiger partial charge in [0.05, 0.1) is 16.6 Å². The lowest BCUT2D eigenvalue weighted by molar-refractivity contribution is -0.137. The Bertz CT molecular complexity index is 1190. The van der Waals surface area contributed by atoms with Crippen LogP contribution in [0.5, 0.6) is 0 Å². The van der Waals surface area contributed by atoms with Crippen LogP contribution in [0.4, 0.5) is 19.0 Å². The molecule has 3 heterocycles. The molecule has 3 aromatic heterocycles. The number of fused-ring (bicyclic) bond motifs is 1. The van der Waals surface area contributed by atoms with Crippen molar-refractivity contribution < 1.29 is 13.2 Å². The maximum atomic E-state index is 12.7. The van der Waals surface area contributed by atoms with E-state index in [0.29, 0.717) is 5.69 Å². The Morgan fingerprint density at radius 3 is 2.52 bits per heavy atom. The van der Waals surface area contributed by atoms with Gasteiger partial charge in [-0.2, -0.15) is 13.2 Å². The summed E-state index contributed by atoms with van der Waals surface area (Å²) >= 11 is 7.60. The van der Waals surface area contributed by atoms with E-state index in [9.17, 15) is 13.2 Å². The van der Waals surface area contributed by atoms with E-state index in [2.05, 4.69) is 20.3 Å². The summed E-state index contributed by atoms with van der Waals surface area (Å²) in [4.78, 5) is 14.5. The summed E-state index contributed by atoms with van der Waals surface area (Å²) in [6, 6.07) is 12.2. The molecule has 4 nitrogen and oxygen atoms in total. The zero-order chi connectivity index (χ0) is 22.0. The van der Waals surface area contributed by atoms with Crippen LogP contribution in [-0.2, 0) is 12.6 Å². The van der Waals surface area contributed by atoms with E-state index in [4.69, 9.17) is 11.6 Å². The number of anilines is 1. The number of thiophene rings is 1. The maximum Gasteiger partial charge on any atom is 0.417 e. The highest BCUT2D eigenvalue weighted by Gasteiger charge is 2.30. The lowest BCUT2D eigenvalue weighted by atomic mass is 10.0. The normalized spacial score (nSPS) is 11.8. The first-order valence-corrected chi connectivity index (χ1v) is 10.8. The average Bonchev–Trinajstić information content (AvgIpc) is 3.11. The van der Waals surface area contributed by atoms with Crippen LogP contribution in [0.2, 0.25) is 5.28 Å². The van der Waals surface area contributed by atoms with Crippen LogP contribution < -0.4 is 5.32 Å². The van der Waals surface area contributed by atoms with Crippen molar-refractivity contribution in [2.24, 2.45) is 0 Å². The van der Waals surface area contributed by atoms with E-state index >= 15 is 0 Å². The molecular weight excluding hydrogens is 445 g/mol. The van der Waals surface area contributed by atoms with Crippen molar-refractivity contribution in [2.75, 3.05) is 11.9 Å². The van der Waals surface area contributed by atoms with Crippen molar-refractivity contribution >= 4 is 39.0 Å². The van der Waals surface area contributed by atoms with E-state index in [0.717, 1.165) is 63.7 Å². The molecule has 0 aliphatic heterocycles. The largest absolute Gasteiger partial charge is 0.417 e. The van der Waals surface area contributed by atoms with Gasteiger partial charge in [0.25, 0.3) is 0 Å². The third kappa shape index (κ3) is 5.14. The van der Waals surface area contributed by atoms with E-state index in [1.807, 2.05) is 37.3 Å². The van der Waals surface area contributed by atoms with Crippen molar-refractivity contribution in [3.8, 4) is 11.3 Å². The maximum absolute atomic E-state index is 12.7. The number of nitrogens with zero attached hydrogens (tertiary/aromatic N) is 3. The van der Waals surface area contributed by atoms with Crippen molar-refractivity contribution in [3.05, 3.63) is 69.9 Å². The number of aryl methyl sites for hydroxylation is 2. The minimum Gasteiger partial charge on any atom is -0.369 e. The fourth-order valence-corrected chi connectivity index (χ4v) is 4.32. The molecule has 0 unspecified atom stereocenters. The second-order valence-electron chi connectivity index (χ2n) is 7.07. The van der Waals surface area contributed by atoms with Gasteiger partial charge in [0, 0.05) is 23.2 Å². The van der Waals surface area contributed by atoms with Crippen molar-refractivity contribution in [3.63, 3.8) is 0 Å². The average molecular weight is 463 g/mol. The van der Waals surface area contributed by atoms with Crippen molar-refractivity contribution in [2.45, 2.75) is 25.9 Å². The summed E-state index contributed by atoms with van der Waals surface area (Å²) in [6.07, 6.45) is -1.79. The number of rotatable bonds is 6. The topological polar surface area (TPSA) is 50.7 Å². The molecule has 0 aliphatic carbocycles. The van der Waals surface area contributed by atoms with Crippen LogP contribution in [-0.4, -0.2) is 21.5 Å². The van der Waals surface area contributed by atoms with Gasteiger partial charge in [-0.05, 0) is 55.1 Å². The molecule has 0 amide bonds. The standard InChI is InChI=1S/C22H18ClF3N4S/c1-13-11-17-19(29-21(23)30-20(17)31-13)27-10-2-3-14-4-6-15(7-5-14)18-9-8-16(12-28-18)22(24,25)26/h4-9,11-12H,2-3,10H2,1H3,(H,27,29,30). The van der Waals surface area contributed by atoms with Crippen LogP contribution in [0.25, 0.3) is 21.5 Å². The summed E-state index contributed by atoms with van der Waals surface area (Å²) in [5.74, 6) is 0.739. The fourth-order valence-electron chi connectivity index (χ4n) is 3.22. The van der Waals surface area contributed by atoms with E-state index in [1.165, 1.54) is 6.07 Å². The molecular formula is C22H18ClF3N4S. The first-order chi connectivity index (χ1) is 14.8. The molecule has 160 valence electrons. The smallest absolute Gasteiger partial charge is 0.369 e. The Morgan fingerprint density at radius 1 is 1.06 bits per heavy atom. The summed E-state index contributed by atoms with van der Waals surface area (Å²) in [6.45, 7) is 2.74. The van der Waals surface area contributed by atoms with Crippen LogP contribution in [0.1, 0.15) is 22.4 Å². The summed E-state index contributed by atoms with van der Waals surface area (Å²) < 4.78 is 38.0. The molecule has 9 heteroatoms. The highest BCUT2D eigenvalue weighted by atomic mass is 35.5. The molecule has 1 N–H and O–H groups in total. The summed E-state index contributed by atoms with van der Waals surface area (Å²) in [7, 11) is 0. The quantitative estimate of drug-likeness (QED) is 0.253. The molecule has 0 saturated heterocycles. The molecule has 0 aliphatic rings. The number of aromatic nitrogens is 3. The highest BCUT2D eigenvalue weighted by Crippen LogP contribution is 2.30. The summed E-state index contributed by atoms with van der Waals surface area (Å²) in [5, 5.41) is 4.53. The Kier molecular flexibility index (Phi) is 6.11. The van der Waals surface area contributed by atoms with Crippen molar-refractivity contribution in [1.29, 1.82) is 0 Å². The lowest BCUT2D eigenvalue weighted by Gasteiger charge is -2.09. The van der Waals surface area contributed by atoms with Gasteiger partial charge < -0.3 is 5.32 Å². The highest BCUT2D eigenvalue weighted by molar-refractivity contribution is 7.18. The number of alkyl halides is 3. The second-order valence-corrected chi connectivity index (χ2v) is 8.65. The Labute approximate surface area is 186 Å². The van der Waals surface area contributed by atoms with E-state index < -0.39 is 11.7 Å². The third-order valence-electron chi connectivity index (χ3n) is 4.76.